The van der Waals surface area contributed by atoms with Crippen LogP contribution in [0.4, 0.5) is 9.18 Å². The third-order valence-electron chi connectivity index (χ3n) is 4.53. The number of halogens is 2. The van der Waals surface area contributed by atoms with Gasteiger partial charge in [0, 0.05) is 22.5 Å². The Morgan fingerprint density at radius 1 is 1.19 bits per heavy atom. The molecule has 1 atom stereocenters. The van der Waals surface area contributed by atoms with Gasteiger partial charge in [0.25, 0.3) is 0 Å². The molecule has 1 N–H and O–H groups in total. The highest BCUT2D eigenvalue weighted by atomic mass is 79.9. The van der Waals surface area contributed by atoms with Gasteiger partial charge in [-0.05, 0) is 30.3 Å². The molecule has 3 aromatic rings. The zero-order valence-electron chi connectivity index (χ0n) is 17.8. The standard InChI is InChI=1S/C22H22BrFN2O4S2/c1-22(2,3)18(30-21(27)25-4)19-26-17(15-10-5-6-11-16(15)24)20(31-19)32(28,29)14-9-7-8-13(23)12-14/h5-12,18H,1-4H3,(H,25,27). The summed E-state index contributed by atoms with van der Waals surface area (Å²) in [4.78, 5) is 16.5. The Labute approximate surface area is 198 Å². The highest BCUT2D eigenvalue weighted by Gasteiger charge is 2.36. The zero-order chi connectivity index (χ0) is 23.7. The fourth-order valence-corrected chi connectivity index (χ4v) is 6.73. The Morgan fingerprint density at radius 2 is 1.88 bits per heavy atom. The summed E-state index contributed by atoms with van der Waals surface area (Å²) < 4.78 is 47.8. The zero-order valence-corrected chi connectivity index (χ0v) is 21.1. The quantitative estimate of drug-likeness (QED) is 0.429. The van der Waals surface area contributed by atoms with E-state index >= 15 is 0 Å². The summed E-state index contributed by atoms with van der Waals surface area (Å²) in [5.74, 6) is -0.602. The van der Waals surface area contributed by atoms with Crippen molar-refractivity contribution in [3.8, 4) is 11.3 Å². The summed E-state index contributed by atoms with van der Waals surface area (Å²) in [6.45, 7) is 5.52. The van der Waals surface area contributed by atoms with E-state index < -0.39 is 33.3 Å². The summed E-state index contributed by atoms with van der Waals surface area (Å²) in [5, 5.41) is 2.65. The summed E-state index contributed by atoms with van der Waals surface area (Å²) in [7, 11) is -2.62. The first-order valence-electron chi connectivity index (χ1n) is 9.60. The molecule has 0 bridgehead atoms. The predicted octanol–water partition coefficient (Wildman–Crippen LogP) is 5.99. The molecule has 10 heteroatoms. The molecular formula is C22H22BrFN2O4S2. The van der Waals surface area contributed by atoms with Gasteiger partial charge in [-0.2, -0.15) is 0 Å². The molecule has 170 valence electrons. The fraction of sp³-hybridized carbons (Fsp3) is 0.273. The molecule has 1 amide bonds. The lowest BCUT2D eigenvalue weighted by Crippen LogP contribution is -2.28. The molecule has 0 aliphatic rings. The first-order valence-corrected chi connectivity index (χ1v) is 12.7. The van der Waals surface area contributed by atoms with E-state index in [4.69, 9.17) is 4.74 Å². The fourth-order valence-electron chi connectivity index (χ4n) is 2.94. The first kappa shape index (κ1) is 24.3. The van der Waals surface area contributed by atoms with E-state index in [0.717, 1.165) is 11.3 Å². The van der Waals surface area contributed by atoms with Crippen molar-refractivity contribution in [3.63, 3.8) is 0 Å². The SMILES string of the molecule is CNC(=O)OC(c1nc(-c2ccccc2F)c(S(=O)(=O)c2cccc(Br)c2)s1)C(C)(C)C. The highest BCUT2D eigenvalue weighted by molar-refractivity contribution is 9.10. The maximum Gasteiger partial charge on any atom is 0.407 e. The number of benzene rings is 2. The lowest BCUT2D eigenvalue weighted by Gasteiger charge is -2.28. The van der Waals surface area contributed by atoms with Crippen molar-refractivity contribution in [1.82, 2.24) is 10.3 Å². The van der Waals surface area contributed by atoms with Crippen LogP contribution in [0.25, 0.3) is 11.3 Å². The van der Waals surface area contributed by atoms with Crippen LogP contribution in [0.5, 0.6) is 0 Å². The van der Waals surface area contributed by atoms with Gasteiger partial charge in [-0.3, -0.25) is 0 Å². The number of aromatic nitrogens is 1. The Kier molecular flexibility index (Phi) is 7.06. The van der Waals surface area contributed by atoms with Gasteiger partial charge < -0.3 is 10.1 Å². The van der Waals surface area contributed by atoms with E-state index in [1.807, 2.05) is 20.8 Å². The maximum atomic E-state index is 14.7. The van der Waals surface area contributed by atoms with E-state index in [2.05, 4.69) is 26.2 Å². The molecule has 1 unspecified atom stereocenters. The second-order valence-corrected chi connectivity index (χ2v) is 12.1. The Hall–Kier alpha value is -2.30. The van der Waals surface area contributed by atoms with Crippen molar-refractivity contribution in [2.45, 2.75) is 36.0 Å². The van der Waals surface area contributed by atoms with E-state index in [0.29, 0.717) is 4.47 Å². The lowest BCUT2D eigenvalue weighted by atomic mass is 9.89. The molecular weight excluding hydrogens is 519 g/mol. The number of sulfone groups is 1. The van der Waals surface area contributed by atoms with Crippen molar-refractivity contribution in [2.24, 2.45) is 5.41 Å². The smallest absolute Gasteiger partial charge is 0.407 e. The number of carbonyl (C=O) groups excluding carboxylic acids is 1. The van der Waals surface area contributed by atoms with Gasteiger partial charge in [0.2, 0.25) is 9.84 Å². The van der Waals surface area contributed by atoms with Crippen LogP contribution in [0, 0.1) is 11.2 Å². The maximum absolute atomic E-state index is 14.7. The number of alkyl carbamates (subject to hydrolysis) is 1. The molecule has 1 aromatic heterocycles. The van der Waals surface area contributed by atoms with Gasteiger partial charge in [0.1, 0.15) is 16.5 Å². The molecule has 0 aliphatic carbocycles. The Bertz CT molecular complexity index is 1250. The second kappa shape index (κ2) is 9.29. The summed E-state index contributed by atoms with van der Waals surface area (Å²) >= 11 is 4.16. The average Bonchev–Trinajstić information content (AvgIpc) is 3.16. The van der Waals surface area contributed by atoms with Gasteiger partial charge in [-0.1, -0.05) is 54.9 Å². The van der Waals surface area contributed by atoms with Crippen molar-refractivity contribution >= 4 is 43.2 Å². The minimum absolute atomic E-state index is 0.0159. The van der Waals surface area contributed by atoms with Gasteiger partial charge in [0.05, 0.1) is 4.90 Å². The van der Waals surface area contributed by atoms with Crippen LogP contribution in [0.2, 0.25) is 0 Å². The minimum atomic E-state index is -4.05. The number of ether oxygens (including phenoxy) is 1. The average molecular weight is 541 g/mol. The van der Waals surface area contributed by atoms with Crippen LogP contribution >= 0.6 is 27.3 Å². The van der Waals surface area contributed by atoms with Gasteiger partial charge in [-0.25, -0.2) is 22.6 Å². The van der Waals surface area contributed by atoms with Gasteiger partial charge >= 0.3 is 6.09 Å². The summed E-state index contributed by atoms with van der Waals surface area (Å²) in [5.41, 5.74) is -0.567. The van der Waals surface area contributed by atoms with Crippen LogP contribution in [-0.2, 0) is 14.6 Å². The Balaban J connectivity index is 2.28. The third kappa shape index (κ3) is 5.02. The number of thiazole rings is 1. The highest BCUT2D eigenvalue weighted by Crippen LogP contribution is 2.44. The largest absolute Gasteiger partial charge is 0.438 e. The molecule has 1 heterocycles. The number of nitrogens with zero attached hydrogens (tertiary/aromatic N) is 1. The number of carbonyl (C=O) groups is 1. The van der Waals surface area contributed by atoms with Crippen molar-refractivity contribution in [1.29, 1.82) is 0 Å². The molecule has 3 rings (SSSR count). The van der Waals surface area contributed by atoms with E-state index in [-0.39, 0.29) is 25.4 Å². The molecule has 0 fully saturated rings. The molecule has 2 aromatic carbocycles. The Morgan fingerprint density at radius 3 is 2.47 bits per heavy atom. The van der Waals surface area contributed by atoms with Crippen LogP contribution in [0.3, 0.4) is 0 Å². The number of nitrogens with one attached hydrogen (secondary N) is 1. The molecule has 0 spiro atoms. The molecule has 0 saturated heterocycles. The number of amides is 1. The molecule has 32 heavy (non-hydrogen) atoms. The molecule has 0 radical (unpaired) electrons. The van der Waals surface area contributed by atoms with E-state index in [1.54, 1.807) is 18.2 Å². The van der Waals surface area contributed by atoms with Crippen molar-refractivity contribution < 1.29 is 22.3 Å². The predicted molar refractivity (Wildman–Crippen MR) is 125 cm³/mol. The van der Waals surface area contributed by atoms with Crippen LogP contribution in [0.15, 0.2) is 62.1 Å². The van der Waals surface area contributed by atoms with Crippen LogP contribution in [-0.4, -0.2) is 26.5 Å². The second-order valence-electron chi connectivity index (χ2n) is 8.03. The van der Waals surface area contributed by atoms with Gasteiger partial charge in [0.15, 0.2) is 10.3 Å². The molecule has 0 aliphatic heterocycles. The van der Waals surface area contributed by atoms with E-state index in [1.165, 1.54) is 37.4 Å². The molecule has 0 saturated carbocycles. The van der Waals surface area contributed by atoms with Crippen molar-refractivity contribution in [3.05, 3.63) is 63.8 Å². The first-order chi connectivity index (χ1) is 14.9. The monoisotopic (exact) mass is 540 g/mol. The minimum Gasteiger partial charge on any atom is -0.438 e. The number of hydrogen-bond acceptors (Lipinski definition) is 6. The van der Waals surface area contributed by atoms with E-state index in [9.17, 15) is 17.6 Å². The third-order valence-corrected chi connectivity index (χ3v) is 8.38. The number of hydrogen-bond donors (Lipinski definition) is 1. The van der Waals surface area contributed by atoms with Crippen LogP contribution < -0.4 is 5.32 Å². The normalized spacial score (nSPS) is 12.9. The summed E-state index contributed by atoms with van der Waals surface area (Å²) in [6.07, 6.45) is -1.53. The number of rotatable bonds is 5. The summed E-state index contributed by atoms with van der Waals surface area (Å²) in [6, 6.07) is 12.1. The lowest BCUT2D eigenvalue weighted by molar-refractivity contribution is 0.0313. The van der Waals surface area contributed by atoms with Gasteiger partial charge in [-0.15, -0.1) is 11.3 Å². The van der Waals surface area contributed by atoms with Crippen LogP contribution in [0.1, 0.15) is 31.9 Å². The topological polar surface area (TPSA) is 85.4 Å². The molecule has 6 nitrogen and oxygen atoms in total. The van der Waals surface area contributed by atoms with Crippen molar-refractivity contribution in [2.75, 3.05) is 7.05 Å².